The van der Waals surface area contributed by atoms with Crippen molar-refractivity contribution in [3.05, 3.63) is 22.7 Å². The zero-order valence-corrected chi connectivity index (χ0v) is 12.5. The first-order chi connectivity index (χ1) is 10.2. The van der Waals surface area contributed by atoms with Crippen LogP contribution in [0.2, 0.25) is 0 Å². The molecule has 112 valence electrons. The fraction of sp³-hybridized carbons (Fsp3) is 0.429. The summed E-state index contributed by atoms with van der Waals surface area (Å²) < 4.78 is 10.8. The van der Waals surface area contributed by atoms with Crippen molar-refractivity contribution >= 4 is 33.1 Å². The number of nitrogens with zero attached hydrogens (tertiary/aromatic N) is 1. The molecule has 1 amide bonds. The van der Waals surface area contributed by atoms with Gasteiger partial charge >= 0.3 is 0 Å². The van der Waals surface area contributed by atoms with Gasteiger partial charge in [0.2, 0.25) is 0 Å². The highest BCUT2D eigenvalue weighted by atomic mass is 32.1. The van der Waals surface area contributed by atoms with E-state index in [1.54, 1.807) is 6.20 Å². The molecule has 3 N–H and O–H groups in total. The van der Waals surface area contributed by atoms with Gasteiger partial charge in [0.05, 0.1) is 31.6 Å². The number of aromatic nitrogens is 1. The zero-order chi connectivity index (χ0) is 14.8. The van der Waals surface area contributed by atoms with Crippen LogP contribution in [0.5, 0.6) is 0 Å². The Hall–Kier alpha value is -1.70. The first-order valence-electron chi connectivity index (χ1n) is 6.78. The van der Waals surface area contributed by atoms with Crippen molar-refractivity contribution in [3.63, 3.8) is 0 Å². The van der Waals surface area contributed by atoms with Gasteiger partial charge in [0.25, 0.3) is 5.91 Å². The van der Waals surface area contributed by atoms with Crippen LogP contribution >= 0.6 is 11.3 Å². The van der Waals surface area contributed by atoms with E-state index in [4.69, 9.17) is 15.2 Å². The van der Waals surface area contributed by atoms with Crippen LogP contribution in [-0.4, -0.2) is 43.4 Å². The predicted octanol–water partition coefficient (Wildman–Crippen LogP) is 1.33. The van der Waals surface area contributed by atoms with Gasteiger partial charge in [0.1, 0.15) is 9.71 Å². The number of thiophene rings is 1. The third kappa shape index (κ3) is 2.85. The highest BCUT2D eigenvalue weighted by Gasteiger charge is 2.20. The molecule has 7 heteroatoms. The minimum Gasteiger partial charge on any atom is -0.397 e. The van der Waals surface area contributed by atoms with E-state index in [0.717, 1.165) is 15.8 Å². The number of aryl methyl sites for hydroxylation is 1. The Bertz CT molecular complexity index is 665. The Morgan fingerprint density at radius 1 is 1.57 bits per heavy atom. The molecule has 2 aromatic heterocycles. The Labute approximate surface area is 126 Å². The van der Waals surface area contributed by atoms with Gasteiger partial charge in [-0.25, -0.2) is 4.98 Å². The first-order valence-corrected chi connectivity index (χ1v) is 7.59. The normalized spacial score (nSPS) is 18.8. The number of carbonyl (C=O) groups excluding carboxylic acids is 1. The molecule has 0 aromatic carbocycles. The minimum absolute atomic E-state index is 0.0989. The number of fused-ring (bicyclic) bond motifs is 1. The number of nitrogens with two attached hydrogens (primary N) is 1. The van der Waals surface area contributed by atoms with Crippen LogP contribution in [0.3, 0.4) is 0 Å². The second kappa shape index (κ2) is 5.97. The topological polar surface area (TPSA) is 86.5 Å². The van der Waals surface area contributed by atoms with E-state index < -0.39 is 0 Å². The van der Waals surface area contributed by atoms with Crippen LogP contribution in [0, 0.1) is 6.92 Å². The van der Waals surface area contributed by atoms with E-state index in [1.165, 1.54) is 11.3 Å². The van der Waals surface area contributed by atoms with Crippen LogP contribution in [0.1, 0.15) is 15.2 Å². The monoisotopic (exact) mass is 307 g/mol. The summed E-state index contributed by atoms with van der Waals surface area (Å²) in [6, 6.07) is 1.89. The molecule has 1 atom stereocenters. The average Bonchev–Trinajstić information content (AvgIpc) is 2.84. The summed E-state index contributed by atoms with van der Waals surface area (Å²) in [5.74, 6) is -0.191. The van der Waals surface area contributed by atoms with Crippen molar-refractivity contribution in [1.29, 1.82) is 0 Å². The summed E-state index contributed by atoms with van der Waals surface area (Å²) >= 11 is 1.31. The van der Waals surface area contributed by atoms with Crippen LogP contribution in [0.15, 0.2) is 12.3 Å². The van der Waals surface area contributed by atoms with E-state index in [0.29, 0.717) is 36.9 Å². The van der Waals surface area contributed by atoms with Crippen LogP contribution in [0.25, 0.3) is 10.2 Å². The maximum Gasteiger partial charge on any atom is 0.263 e. The fourth-order valence-corrected chi connectivity index (χ4v) is 3.37. The number of nitrogen functional groups attached to an aromatic ring is 1. The van der Waals surface area contributed by atoms with Crippen LogP contribution in [0.4, 0.5) is 5.69 Å². The Morgan fingerprint density at radius 3 is 3.14 bits per heavy atom. The number of nitrogens with one attached hydrogen (secondary N) is 1. The van der Waals surface area contributed by atoms with Crippen molar-refractivity contribution in [2.45, 2.75) is 13.0 Å². The lowest BCUT2D eigenvalue weighted by atomic mass is 10.2. The third-order valence-corrected chi connectivity index (χ3v) is 4.53. The molecule has 1 saturated heterocycles. The lowest BCUT2D eigenvalue weighted by molar-refractivity contribution is -0.0855. The van der Waals surface area contributed by atoms with Crippen LogP contribution in [-0.2, 0) is 9.47 Å². The summed E-state index contributed by atoms with van der Waals surface area (Å²) in [5, 5.41) is 3.71. The quantitative estimate of drug-likeness (QED) is 0.893. The first kappa shape index (κ1) is 14.2. The molecule has 1 fully saturated rings. The van der Waals surface area contributed by atoms with Crippen molar-refractivity contribution in [3.8, 4) is 0 Å². The molecular weight excluding hydrogens is 290 g/mol. The average molecular weight is 307 g/mol. The second-order valence-electron chi connectivity index (χ2n) is 4.93. The van der Waals surface area contributed by atoms with Gasteiger partial charge < -0.3 is 20.5 Å². The van der Waals surface area contributed by atoms with Crippen molar-refractivity contribution in [1.82, 2.24) is 10.3 Å². The lowest BCUT2D eigenvalue weighted by Crippen LogP contribution is -2.39. The molecular formula is C14H17N3O3S. The van der Waals surface area contributed by atoms with Crippen molar-refractivity contribution in [2.75, 3.05) is 32.1 Å². The third-order valence-electron chi connectivity index (χ3n) is 3.42. The van der Waals surface area contributed by atoms with Crippen LogP contribution < -0.4 is 11.1 Å². The van der Waals surface area contributed by atoms with Gasteiger partial charge in [-0.2, -0.15) is 0 Å². The summed E-state index contributed by atoms with van der Waals surface area (Å²) in [4.78, 5) is 17.8. The van der Waals surface area contributed by atoms with Gasteiger partial charge in [0, 0.05) is 18.1 Å². The number of hydrogen-bond donors (Lipinski definition) is 2. The Balaban J connectivity index is 1.75. The molecule has 21 heavy (non-hydrogen) atoms. The molecule has 0 aliphatic carbocycles. The Morgan fingerprint density at radius 2 is 2.43 bits per heavy atom. The molecule has 0 bridgehead atoms. The van der Waals surface area contributed by atoms with E-state index in [2.05, 4.69) is 10.3 Å². The molecule has 0 saturated carbocycles. The van der Waals surface area contributed by atoms with Gasteiger partial charge in [-0.15, -0.1) is 11.3 Å². The summed E-state index contributed by atoms with van der Waals surface area (Å²) in [6.07, 6.45) is 1.63. The lowest BCUT2D eigenvalue weighted by Gasteiger charge is -2.22. The standard InChI is InChI=1S/C14H17N3O3S/c1-8-2-3-16-14-10(8)11(15)12(21-14)13(18)17-6-9-7-19-4-5-20-9/h2-3,9H,4-7,15H2,1H3,(H,17,18). The molecule has 1 aliphatic heterocycles. The molecule has 0 radical (unpaired) electrons. The predicted molar refractivity (Wildman–Crippen MR) is 81.7 cm³/mol. The maximum absolute atomic E-state index is 12.3. The van der Waals surface area contributed by atoms with Gasteiger partial charge in [0.15, 0.2) is 0 Å². The SMILES string of the molecule is Cc1ccnc2sc(C(=O)NCC3COCCO3)c(N)c12. The van der Waals surface area contributed by atoms with Crippen molar-refractivity contribution in [2.24, 2.45) is 0 Å². The number of amides is 1. The van der Waals surface area contributed by atoms with Gasteiger partial charge in [-0.05, 0) is 18.6 Å². The zero-order valence-electron chi connectivity index (χ0n) is 11.7. The number of rotatable bonds is 3. The summed E-state index contributed by atoms with van der Waals surface area (Å²) in [5.41, 5.74) is 7.63. The molecule has 0 spiro atoms. The fourth-order valence-electron chi connectivity index (χ4n) is 2.31. The number of carbonyl (C=O) groups is 1. The molecule has 3 rings (SSSR count). The smallest absolute Gasteiger partial charge is 0.263 e. The number of hydrogen-bond acceptors (Lipinski definition) is 6. The second-order valence-corrected chi connectivity index (χ2v) is 5.93. The van der Waals surface area contributed by atoms with E-state index >= 15 is 0 Å². The van der Waals surface area contributed by atoms with E-state index in [9.17, 15) is 4.79 Å². The number of pyridine rings is 1. The van der Waals surface area contributed by atoms with Gasteiger partial charge in [-0.3, -0.25) is 4.79 Å². The summed E-state index contributed by atoms with van der Waals surface area (Å²) in [6.45, 7) is 4.05. The molecule has 6 nitrogen and oxygen atoms in total. The Kier molecular flexibility index (Phi) is 4.05. The highest BCUT2D eigenvalue weighted by Crippen LogP contribution is 2.34. The summed E-state index contributed by atoms with van der Waals surface area (Å²) in [7, 11) is 0. The maximum atomic E-state index is 12.3. The molecule has 2 aromatic rings. The molecule has 3 heterocycles. The molecule has 1 aliphatic rings. The minimum atomic E-state index is -0.191. The van der Waals surface area contributed by atoms with Crippen molar-refractivity contribution < 1.29 is 14.3 Å². The molecule has 1 unspecified atom stereocenters. The number of anilines is 1. The number of ether oxygens (including phenoxy) is 2. The highest BCUT2D eigenvalue weighted by molar-refractivity contribution is 7.21. The van der Waals surface area contributed by atoms with E-state index in [1.807, 2.05) is 13.0 Å². The largest absolute Gasteiger partial charge is 0.397 e. The van der Waals surface area contributed by atoms with E-state index in [-0.39, 0.29) is 12.0 Å². The van der Waals surface area contributed by atoms with Gasteiger partial charge in [-0.1, -0.05) is 0 Å².